The number of nitrogens with zero attached hydrogens (tertiary/aromatic N) is 3. The highest BCUT2D eigenvalue weighted by Crippen LogP contribution is 2.35. The van der Waals surface area contributed by atoms with E-state index in [-0.39, 0.29) is 22.4 Å². The molecule has 6 nitrogen and oxygen atoms in total. The van der Waals surface area contributed by atoms with Gasteiger partial charge in [-0.05, 0) is 12.1 Å². The molecule has 0 aliphatic rings. The molecule has 0 spiro atoms. The van der Waals surface area contributed by atoms with Gasteiger partial charge in [-0.1, -0.05) is 0 Å². The first-order valence-electron chi connectivity index (χ1n) is 5.42. The number of halogens is 3. The van der Waals surface area contributed by atoms with Crippen LogP contribution in [0.15, 0.2) is 29.5 Å². The summed E-state index contributed by atoms with van der Waals surface area (Å²) in [6.45, 7) is 0. The van der Waals surface area contributed by atoms with Crippen LogP contribution in [0.4, 0.5) is 13.2 Å². The molecule has 9 heteroatoms. The molecule has 3 heterocycles. The Morgan fingerprint density at radius 3 is 2.65 bits per heavy atom. The lowest BCUT2D eigenvalue weighted by molar-refractivity contribution is -0.140. The van der Waals surface area contributed by atoms with Crippen LogP contribution in [0.3, 0.4) is 0 Å². The number of alkyl halides is 3. The smallest absolute Gasteiger partial charge is 0.304 e. The first-order valence-corrected chi connectivity index (χ1v) is 5.42. The lowest BCUT2D eigenvalue weighted by Crippen LogP contribution is -2.11. The highest BCUT2D eigenvalue weighted by Gasteiger charge is 2.36. The summed E-state index contributed by atoms with van der Waals surface area (Å²) in [5.74, 6) is 0. The van der Waals surface area contributed by atoms with Gasteiger partial charge in [-0.15, -0.1) is 0 Å². The van der Waals surface area contributed by atoms with Crippen molar-refractivity contribution in [1.29, 1.82) is 0 Å². The van der Waals surface area contributed by atoms with Crippen LogP contribution in [0.2, 0.25) is 0 Å². The third-order valence-electron chi connectivity index (χ3n) is 2.63. The molecule has 0 aliphatic carbocycles. The number of H-pyrrole nitrogens is 2. The largest absolute Gasteiger partial charge is 0.434 e. The summed E-state index contributed by atoms with van der Waals surface area (Å²) in [5, 5.41) is 0. The van der Waals surface area contributed by atoms with Crippen LogP contribution < -0.4 is 5.69 Å². The van der Waals surface area contributed by atoms with Crippen LogP contribution in [0, 0.1) is 0 Å². The molecule has 102 valence electrons. The number of aromatic amines is 2. The number of imidazole rings is 1. The van der Waals surface area contributed by atoms with Crippen molar-refractivity contribution in [3.63, 3.8) is 0 Å². The number of fused-ring (bicyclic) bond motifs is 1. The minimum Gasteiger partial charge on any atom is -0.304 e. The van der Waals surface area contributed by atoms with Gasteiger partial charge in [0.15, 0.2) is 11.3 Å². The number of aromatic nitrogens is 5. The van der Waals surface area contributed by atoms with Gasteiger partial charge in [0.25, 0.3) is 0 Å². The van der Waals surface area contributed by atoms with E-state index in [2.05, 4.69) is 24.9 Å². The second-order valence-electron chi connectivity index (χ2n) is 3.95. The van der Waals surface area contributed by atoms with E-state index in [4.69, 9.17) is 0 Å². The molecule has 0 bridgehead atoms. The molecule has 0 radical (unpaired) electrons. The summed E-state index contributed by atoms with van der Waals surface area (Å²) in [6.07, 6.45) is -2.20. The second-order valence-corrected chi connectivity index (χ2v) is 3.95. The zero-order valence-corrected chi connectivity index (χ0v) is 9.69. The van der Waals surface area contributed by atoms with Crippen molar-refractivity contribution in [2.75, 3.05) is 0 Å². The third-order valence-corrected chi connectivity index (χ3v) is 2.63. The summed E-state index contributed by atoms with van der Waals surface area (Å²) >= 11 is 0. The molecular formula is C11H6F3N5O. The van der Waals surface area contributed by atoms with Crippen LogP contribution in [0.5, 0.6) is 0 Å². The van der Waals surface area contributed by atoms with Crippen molar-refractivity contribution in [3.8, 4) is 11.3 Å². The van der Waals surface area contributed by atoms with Gasteiger partial charge < -0.3 is 4.98 Å². The standard InChI is InChI=1S/C11H6F3N5O/c12-11(13,14)8-5(6-1-2-15-4-16-6)3-7-9(18-8)19-10(20)17-7/h1-4H,(H2,17,18,19,20). The van der Waals surface area contributed by atoms with E-state index in [9.17, 15) is 18.0 Å². The molecule has 2 N–H and O–H groups in total. The fourth-order valence-corrected chi connectivity index (χ4v) is 1.83. The van der Waals surface area contributed by atoms with E-state index in [1.165, 1.54) is 18.3 Å². The lowest BCUT2D eigenvalue weighted by atomic mass is 10.1. The Morgan fingerprint density at radius 2 is 2.00 bits per heavy atom. The molecule has 3 aromatic rings. The Labute approximate surface area is 108 Å². The van der Waals surface area contributed by atoms with Gasteiger partial charge in [0.05, 0.1) is 11.2 Å². The summed E-state index contributed by atoms with van der Waals surface area (Å²) in [4.78, 5) is 26.6. The summed E-state index contributed by atoms with van der Waals surface area (Å²) in [7, 11) is 0. The Morgan fingerprint density at radius 1 is 1.20 bits per heavy atom. The van der Waals surface area contributed by atoms with Crippen LogP contribution in [0.1, 0.15) is 5.69 Å². The molecule has 0 atom stereocenters. The monoisotopic (exact) mass is 281 g/mol. The maximum absolute atomic E-state index is 13.1. The number of rotatable bonds is 1. The SMILES string of the molecule is O=c1[nH]c2cc(-c3ccncn3)c(C(F)(F)F)nc2[nH]1. The van der Waals surface area contributed by atoms with Crippen molar-refractivity contribution in [2.24, 2.45) is 0 Å². The van der Waals surface area contributed by atoms with Crippen molar-refractivity contribution in [3.05, 3.63) is 40.8 Å². The van der Waals surface area contributed by atoms with Crippen molar-refractivity contribution in [2.45, 2.75) is 6.18 Å². The van der Waals surface area contributed by atoms with E-state index in [1.807, 2.05) is 0 Å². The van der Waals surface area contributed by atoms with E-state index < -0.39 is 17.6 Å². The van der Waals surface area contributed by atoms with E-state index >= 15 is 0 Å². The Hall–Kier alpha value is -2.71. The Bertz CT molecular complexity index is 821. The average molecular weight is 281 g/mol. The van der Waals surface area contributed by atoms with Gasteiger partial charge in [-0.3, -0.25) is 4.98 Å². The molecular weight excluding hydrogens is 275 g/mol. The third kappa shape index (κ3) is 2.02. The number of hydrogen-bond acceptors (Lipinski definition) is 4. The molecule has 0 aliphatic heterocycles. The minimum absolute atomic E-state index is 0.0729. The predicted molar refractivity (Wildman–Crippen MR) is 62.7 cm³/mol. The highest BCUT2D eigenvalue weighted by molar-refractivity contribution is 5.78. The second kappa shape index (κ2) is 4.15. The molecule has 3 aromatic heterocycles. The van der Waals surface area contributed by atoms with Crippen LogP contribution in [0.25, 0.3) is 22.4 Å². The quantitative estimate of drug-likeness (QED) is 0.711. The van der Waals surface area contributed by atoms with Crippen molar-refractivity contribution < 1.29 is 13.2 Å². The van der Waals surface area contributed by atoms with Crippen molar-refractivity contribution >= 4 is 11.2 Å². The summed E-state index contributed by atoms with van der Waals surface area (Å²) in [5.41, 5.74) is -1.86. The first kappa shape index (κ1) is 12.3. The predicted octanol–water partition coefficient (Wildman–Crippen LogP) is 1.73. The Balaban J connectivity index is 2.36. The molecule has 0 saturated heterocycles. The molecule has 0 amide bonds. The zero-order valence-electron chi connectivity index (χ0n) is 9.69. The van der Waals surface area contributed by atoms with E-state index in [0.29, 0.717) is 0 Å². The van der Waals surface area contributed by atoms with Crippen LogP contribution in [-0.4, -0.2) is 24.9 Å². The van der Waals surface area contributed by atoms with Gasteiger partial charge in [0.1, 0.15) is 6.33 Å². The summed E-state index contributed by atoms with van der Waals surface area (Å²) < 4.78 is 39.2. The van der Waals surface area contributed by atoms with Gasteiger partial charge in [-0.25, -0.2) is 19.7 Å². The van der Waals surface area contributed by atoms with E-state index in [1.54, 1.807) is 0 Å². The first-order chi connectivity index (χ1) is 9.45. The summed E-state index contributed by atoms with van der Waals surface area (Å²) in [6, 6.07) is 2.52. The number of hydrogen-bond donors (Lipinski definition) is 2. The topological polar surface area (TPSA) is 87.3 Å². The van der Waals surface area contributed by atoms with Gasteiger partial charge >= 0.3 is 11.9 Å². The Kier molecular flexibility index (Phi) is 2.56. The fourth-order valence-electron chi connectivity index (χ4n) is 1.83. The highest BCUT2D eigenvalue weighted by atomic mass is 19.4. The molecule has 20 heavy (non-hydrogen) atoms. The normalized spacial score (nSPS) is 11.9. The minimum atomic E-state index is -4.66. The number of nitrogens with one attached hydrogen (secondary N) is 2. The molecule has 0 fully saturated rings. The van der Waals surface area contributed by atoms with Crippen molar-refractivity contribution in [1.82, 2.24) is 24.9 Å². The zero-order chi connectivity index (χ0) is 14.3. The fraction of sp³-hybridized carbons (Fsp3) is 0.0909. The molecule has 3 rings (SSSR count). The van der Waals surface area contributed by atoms with E-state index in [0.717, 1.165) is 6.33 Å². The van der Waals surface area contributed by atoms with Gasteiger partial charge in [-0.2, -0.15) is 13.2 Å². The molecule has 0 unspecified atom stereocenters. The van der Waals surface area contributed by atoms with Gasteiger partial charge in [0.2, 0.25) is 0 Å². The lowest BCUT2D eigenvalue weighted by Gasteiger charge is -2.11. The van der Waals surface area contributed by atoms with Crippen LogP contribution in [-0.2, 0) is 6.18 Å². The van der Waals surface area contributed by atoms with Crippen LogP contribution >= 0.6 is 0 Å². The maximum Gasteiger partial charge on any atom is 0.434 e. The molecule has 0 saturated carbocycles. The van der Waals surface area contributed by atoms with Gasteiger partial charge in [0, 0.05) is 11.8 Å². The molecule has 0 aromatic carbocycles. The average Bonchev–Trinajstić information content (AvgIpc) is 2.76. The number of pyridine rings is 1. The maximum atomic E-state index is 13.1.